The first kappa shape index (κ1) is 13.1. The molecule has 1 aliphatic heterocycles. The second-order valence-corrected chi connectivity index (χ2v) is 4.74. The van der Waals surface area contributed by atoms with Crippen LogP contribution in [-0.4, -0.2) is 43.4 Å². The molecule has 0 radical (unpaired) electrons. The first-order chi connectivity index (χ1) is 9.72. The number of carbonyl (C=O) groups is 1. The number of amides is 1. The molecule has 0 atom stereocenters. The SMILES string of the molecule is Cc1nc2ccc(C(=O)NC3COCCOC3)cc2o1. The molecule has 0 spiro atoms. The lowest BCUT2D eigenvalue weighted by Gasteiger charge is -2.15. The van der Waals surface area contributed by atoms with Crippen molar-refractivity contribution < 1.29 is 18.7 Å². The Morgan fingerprint density at radius 2 is 2.05 bits per heavy atom. The van der Waals surface area contributed by atoms with Gasteiger partial charge < -0.3 is 19.2 Å². The Hall–Kier alpha value is -1.92. The van der Waals surface area contributed by atoms with E-state index >= 15 is 0 Å². The van der Waals surface area contributed by atoms with Gasteiger partial charge in [-0.3, -0.25) is 4.79 Å². The summed E-state index contributed by atoms with van der Waals surface area (Å²) < 4.78 is 16.1. The third kappa shape index (κ3) is 2.81. The third-order valence-electron chi connectivity index (χ3n) is 3.10. The Balaban J connectivity index is 1.74. The van der Waals surface area contributed by atoms with E-state index in [1.54, 1.807) is 25.1 Å². The minimum absolute atomic E-state index is 0.128. The highest BCUT2D eigenvalue weighted by Gasteiger charge is 2.17. The summed E-state index contributed by atoms with van der Waals surface area (Å²) in [6.45, 7) is 3.84. The molecule has 1 aromatic heterocycles. The zero-order chi connectivity index (χ0) is 13.9. The van der Waals surface area contributed by atoms with Crippen LogP contribution >= 0.6 is 0 Å². The van der Waals surface area contributed by atoms with Crippen LogP contribution < -0.4 is 5.32 Å². The molecule has 1 N–H and O–H groups in total. The normalized spacial score (nSPS) is 17.1. The largest absolute Gasteiger partial charge is 0.441 e. The summed E-state index contributed by atoms with van der Waals surface area (Å²) >= 11 is 0. The van der Waals surface area contributed by atoms with Gasteiger partial charge >= 0.3 is 0 Å². The van der Waals surface area contributed by atoms with Gasteiger partial charge in [-0.15, -0.1) is 0 Å². The minimum atomic E-state index is -0.167. The van der Waals surface area contributed by atoms with Gasteiger partial charge in [0.05, 0.1) is 32.5 Å². The van der Waals surface area contributed by atoms with Gasteiger partial charge in [0, 0.05) is 12.5 Å². The van der Waals surface area contributed by atoms with Crippen LogP contribution in [0.25, 0.3) is 11.1 Å². The molecule has 1 saturated heterocycles. The molecule has 0 aliphatic carbocycles. The maximum absolute atomic E-state index is 12.2. The highest BCUT2D eigenvalue weighted by molar-refractivity contribution is 5.97. The van der Waals surface area contributed by atoms with Crippen molar-refractivity contribution in [2.75, 3.05) is 26.4 Å². The fourth-order valence-corrected chi connectivity index (χ4v) is 2.15. The Morgan fingerprint density at radius 3 is 2.80 bits per heavy atom. The van der Waals surface area contributed by atoms with Crippen LogP contribution in [0.3, 0.4) is 0 Å². The topological polar surface area (TPSA) is 73.6 Å². The number of fused-ring (bicyclic) bond motifs is 1. The highest BCUT2D eigenvalue weighted by atomic mass is 16.5. The summed E-state index contributed by atoms with van der Waals surface area (Å²) in [5.41, 5.74) is 1.90. The number of nitrogens with zero attached hydrogens (tertiary/aromatic N) is 1. The second-order valence-electron chi connectivity index (χ2n) is 4.74. The van der Waals surface area contributed by atoms with Gasteiger partial charge in [-0.1, -0.05) is 0 Å². The van der Waals surface area contributed by atoms with E-state index in [0.717, 1.165) is 5.52 Å². The van der Waals surface area contributed by atoms with E-state index in [9.17, 15) is 4.79 Å². The zero-order valence-corrected chi connectivity index (χ0v) is 11.2. The standard InChI is InChI=1S/C14H16N2O4/c1-9-15-12-3-2-10(6-13(12)20-9)14(17)16-11-7-18-4-5-19-8-11/h2-3,6,11H,4-5,7-8H2,1H3,(H,16,17). The lowest BCUT2D eigenvalue weighted by atomic mass is 10.2. The first-order valence-electron chi connectivity index (χ1n) is 6.56. The smallest absolute Gasteiger partial charge is 0.251 e. The molecule has 6 nitrogen and oxygen atoms in total. The molecule has 2 aromatic rings. The van der Waals surface area contributed by atoms with Gasteiger partial charge in [0.1, 0.15) is 5.52 Å². The van der Waals surface area contributed by atoms with E-state index in [4.69, 9.17) is 13.9 Å². The summed E-state index contributed by atoms with van der Waals surface area (Å²) in [6.07, 6.45) is 0. The van der Waals surface area contributed by atoms with Crippen LogP contribution in [0.15, 0.2) is 22.6 Å². The molecule has 1 fully saturated rings. The maximum atomic E-state index is 12.2. The van der Waals surface area contributed by atoms with Gasteiger partial charge in [0.2, 0.25) is 0 Å². The Bertz CT molecular complexity index is 615. The van der Waals surface area contributed by atoms with Crippen molar-refractivity contribution in [1.82, 2.24) is 10.3 Å². The molecule has 1 aliphatic rings. The zero-order valence-electron chi connectivity index (χ0n) is 11.2. The molecule has 2 heterocycles. The van der Waals surface area contributed by atoms with Crippen LogP contribution in [-0.2, 0) is 9.47 Å². The van der Waals surface area contributed by atoms with Crippen LogP contribution in [0.4, 0.5) is 0 Å². The fourth-order valence-electron chi connectivity index (χ4n) is 2.15. The van der Waals surface area contributed by atoms with Crippen molar-refractivity contribution in [2.24, 2.45) is 0 Å². The number of aromatic nitrogens is 1. The lowest BCUT2D eigenvalue weighted by Crippen LogP contribution is -2.40. The number of benzene rings is 1. The van der Waals surface area contributed by atoms with E-state index < -0.39 is 0 Å². The van der Waals surface area contributed by atoms with Gasteiger partial charge in [-0.25, -0.2) is 4.98 Å². The van der Waals surface area contributed by atoms with Crippen molar-refractivity contribution in [3.63, 3.8) is 0 Å². The fraction of sp³-hybridized carbons (Fsp3) is 0.429. The second kappa shape index (κ2) is 5.60. The Kier molecular flexibility index (Phi) is 3.66. The Morgan fingerprint density at radius 1 is 1.30 bits per heavy atom. The Labute approximate surface area is 116 Å². The van der Waals surface area contributed by atoms with Crippen LogP contribution in [0.2, 0.25) is 0 Å². The van der Waals surface area contributed by atoms with Gasteiger partial charge in [-0.2, -0.15) is 0 Å². The van der Waals surface area contributed by atoms with E-state index in [-0.39, 0.29) is 11.9 Å². The number of ether oxygens (including phenoxy) is 2. The van der Waals surface area contributed by atoms with Crippen molar-refractivity contribution >= 4 is 17.0 Å². The van der Waals surface area contributed by atoms with Crippen molar-refractivity contribution in [3.05, 3.63) is 29.7 Å². The number of hydrogen-bond acceptors (Lipinski definition) is 5. The van der Waals surface area contributed by atoms with Crippen LogP contribution in [0, 0.1) is 6.92 Å². The van der Waals surface area contributed by atoms with Crippen molar-refractivity contribution in [3.8, 4) is 0 Å². The van der Waals surface area contributed by atoms with Crippen molar-refractivity contribution in [2.45, 2.75) is 13.0 Å². The number of hydrogen-bond donors (Lipinski definition) is 1. The maximum Gasteiger partial charge on any atom is 0.251 e. The van der Waals surface area contributed by atoms with Gasteiger partial charge in [-0.05, 0) is 18.2 Å². The highest BCUT2D eigenvalue weighted by Crippen LogP contribution is 2.17. The first-order valence-corrected chi connectivity index (χ1v) is 6.56. The lowest BCUT2D eigenvalue weighted by molar-refractivity contribution is 0.0876. The predicted molar refractivity (Wildman–Crippen MR) is 71.6 cm³/mol. The molecular weight excluding hydrogens is 260 g/mol. The quantitative estimate of drug-likeness (QED) is 0.894. The summed E-state index contributed by atoms with van der Waals surface area (Å²) in [5.74, 6) is 0.420. The van der Waals surface area contributed by atoms with Gasteiger partial charge in [0.25, 0.3) is 5.91 Å². The molecule has 0 bridgehead atoms. The van der Waals surface area contributed by atoms with Gasteiger partial charge in [0.15, 0.2) is 11.5 Å². The number of rotatable bonds is 2. The minimum Gasteiger partial charge on any atom is -0.441 e. The van der Waals surface area contributed by atoms with E-state index in [2.05, 4.69) is 10.3 Å². The predicted octanol–water partition coefficient (Wildman–Crippen LogP) is 1.28. The monoisotopic (exact) mass is 276 g/mol. The molecule has 1 amide bonds. The van der Waals surface area contributed by atoms with Crippen molar-refractivity contribution in [1.29, 1.82) is 0 Å². The summed E-state index contributed by atoms with van der Waals surface area (Å²) in [4.78, 5) is 16.4. The van der Waals surface area contributed by atoms with Crippen LogP contribution in [0.5, 0.6) is 0 Å². The molecule has 6 heteroatoms. The number of nitrogens with one attached hydrogen (secondary N) is 1. The molecular formula is C14H16N2O4. The van der Waals surface area contributed by atoms with E-state index in [1.165, 1.54) is 0 Å². The average molecular weight is 276 g/mol. The number of oxazole rings is 1. The molecule has 3 rings (SSSR count). The molecule has 0 unspecified atom stereocenters. The number of carbonyl (C=O) groups excluding carboxylic acids is 1. The molecule has 0 saturated carbocycles. The molecule has 1 aromatic carbocycles. The summed E-state index contributed by atoms with van der Waals surface area (Å²) in [5, 5.41) is 2.90. The summed E-state index contributed by atoms with van der Waals surface area (Å²) in [7, 11) is 0. The molecule has 20 heavy (non-hydrogen) atoms. The number of aryl methyl sites for hydroxylation is 1. The van der Waals surface area contributed by atoms with Crippen LogP contribution in [0.1, 0.15) is 16.2 Å². The van der Waals surface area contributed by atoms with E-state index in [1.807, 2.05) is 0 Å². The molecule has 106 valence electrons. The average Bonchev–Trinajstić information content (AvgIpc) is 2.62. The summed E-state index contributed by atoms with van der Waals surface area (Å²) in [6, 6.07) is 5.08. The van der Waals surface area contributed by atoms with E-state index in [0.29, 0.717) is 43.5 Å². The third-order valence-corrected chi connectivity index (χ3v) is 3.10.